The summed E-state index contributed by atoms with van der Waals surface area (Å²) in [5.74, 6) is -3.10. The topological polar surface area (TPSA) is 134 Å². The second kappa shape index (κ2) is 8.90. The minimum absolute atomic E-state index is 0.00751. The molecule has 8 nitrogen and oxygen atoms in total. The van der Waals surface area contributed by atoms with Gasteiger partial charge in [0.1, 0.15) is 0 Å². The number of para-hydroxylation sites is 1. The predicted octanol–water partition coefficient (Wildman–Crippen LogP) is 1.45. The van der Waals surface area contributed by atoms with Crippen LogP contribution in [0, 0.1) is 0 Å². The Morgan fingerprint density at radius 1 is 1.08 bits per heavy atom. The summed E-state index contributed by atoms with van der Waals surface area (Å²) in [5, 5.41) is 37.5. The fourth-order valence-corrected chi connectivity index (χ4v) is 1.77. The van der Waals surface area contributed by atoms with Crippen LogP contribution in [0.2, 0.25) is 0 Å². The van der Waals surface area contributed by atoms with Crippen molar-refractivity contribution in [2.24, 2.45) is 0 Å². The number of aliphatic hydroxyl groups excluding tert-OH is 2. The number of hydrogen-bond acceptors (Lipinski definition) is 6. The zero-order valence-corrected chi connectivity index (χ0v) is 13.3. The van der Waals surface area contributed by atoms with E-state index in [1.807, 2.05) is 0 Å². The molecule has 132 valence electrons. The molecule has 0 radical (unpaired) electrons. The molecular weight excluding hydrogens is 320 g/mol. The summed E-state index contributed by atoms with van der Waals surface area (Å²) < 4.78 is 10.6. The van der Waals surface area contributed by atoms with E-state index >= 15 is 0 Å². The normalized spacial score (nSPS) is 13.9. The number of carboxylic acid groups (broad SMARTS) is 2. The lowest BCUT2D eigenvalue weighted by Gasteiger charge is -2.20. The minimum Gasteiger partial charge on any atom is -0.478 e. The van der Waals surface area contributed by atoms with E-state index in [0.717, 1.165) is 0 Å². The first-order chi connectivity index (χ1) is 11.3. The summed E-state index contributed by atoms with van der Waals surface area (Å²) in [4.78, 5) is 22.3. The van der Waals surface area contributed by atoms with E-state index in [2.05, 4.69) is 0 Å². The minimum atomic E-state index is -1.48. The average Bonchev–Trinajstić information content (AvgIpc) is 2.53. The maximum Gasteiger partial charge on any atom is 0.336 e. The summed E-state index contributed by atoms with van der Waals surface area (Å²) in [6.45, 7) is 3.31. The van der Waals surface area contributed by atoms with Crippen molar-refractivity contribution in [2.75, 3.05) is 0 Å². The maximum absolute atomic E-state index is 11.4. The van der Waals surface area contributed by atoms with E-state index in [-0.39, 0.29) is 29.9 Å². The molecule has 0 amide bonds. The smallest absolute Gasteiger partial charge is 0.336 e. The van der Waals surface area contributed by atoms with Crippen molar-refractivity contribution in [3.63, 3.8) is 0 Å². The monoisotopic (exact) mass is 340 g/mol. The third-order valence-electron chi connectivity index (χ3n) is 2.98. The number of carbonyl (C=O) groups is 2. The van der Waals surface area contributed by atoms with Gasteiger partial charge in [0, 0.05) is 24.5 Å². The Balaban J connectivity index is 3.49. The Morgan fingerprint density at radius 3 is 2.17 bits per heavy atom. The Kier molecular flexibility index (Phi) is 7.22. The SMILES string of the molecule is CCC(O)Oc1cccc(/C(=C\C(=O)O)C(=O)O)c1OC(O)CC. The molecule has 8 heteroatoms. The molecule has 1 aromatic rings. The van der Waals surface area contributed by atoms with Crippen LogP contribution in [-0.4, -0.2) is 44.9 Å². The number of carboxylic acids is 2. The molecule has 0 heterocycles. The van der Waals surface area contributed by atoms with Crippen LogP contribution in [-0.2, 0) is 9.59 Å². The predicted molar refractivity (Wildman–Crippen MR) is 83.5 cm³/mol. The molecule has 0 spiro atoms. The van der Waals surface area contributed by atoms with Crippen LogP contribution in [0.25, 0.3) is 5.57 Å². The molecule has 0 bridgehead atoms. The second-order valence-electron chi connectivity index (χ2n) is 4.80. The van der Waals surface area contributed by atoms with Crippen molar-refractivity contribution < 1.29 is 39.5 Å². The number of aliphatic hydroxyl groups is 2. The standard InChI is InChI=1S/C16H20O8/c1-3-13(19)23-11-7-5-6-9(15(11)24-14(20)4-2)10(16(21)22)8-12(17)18/h5-8,13-14,19-20H,3-4H2,1-2H3,(H,17,18)(H,21,22)/b10-8+. The van der Waals surface area contributed by atoms with Gasteiger partial charge in [-0.2, -0.15) is 0 Å². The first kappa shape index (κ1) is 19.5. The van der Waals surface area contributed by atoms with Crippen molar-refractivity contribution in [3.05, 3.63) is 29.8 Å². The molecule has 2 unspecified atom stereocenters. The average molecular weight is 340 g/mol. The Bertz CT molecular complexity index is 623. The third kappa shape index (κ3) is 5.25. The van der Waals surface area contributed by atoms with E-state index < -0.39 is 30.1 Å². The van der Waals surface area contributed by atoms with Crippen LogP contribution in [0.4, 0.5) is 0 Å². The van der Waals surface area contributed by atoms with Gasteiger partial charge in [-0.15, -0.1) is 0 Å². The lowest BCUT2D eigenvalue weighted by Crippen LogP contribution is -2.19. The van der Waals surface area contributed by atoms with Gasteiger partial charge in [-0.25, -0.2) is 9.59 Å². The summed E-state index contributed by atoms with van der Waals surface area (Å²) in [7, 11) is 0. The third-order valence-corrected chi connectivity index (χ3v) is 2.98. The molecule has 1 aromatic carbocycles. The van der Waals surface area contributed by atoms with E-state index in [1.165, 1.54) is 18.2 Å². The second-order valence-corrected chi connectivity index (χ2v) is 4.80. The van der Waals surface area contributed by atoms with E-state index in [9.17, 15) is 24.9 Å². The maximum atomic E-state index is 11.4. The highest BCUT2D eigenvalue weighted by Gasteiger charge is 2.23. The van der Waals surface area contributed by atoms with Gasteiger partial charge < -0.3 is 29.9 Å². The highest BCUT2D eigenvalue weighted by atomic mass is 16.6. The molecule has 0 aliphatic heterocycles. The Labute approximate surface area is 138 Å². The van der Waals surface area contributed by atoms with Gasteiger partial charge in [-0.1, -0.05) is 26.0 Å². The van der Waals surface area contributed by atoms with Gasteiger partial charge in [0.05, 0.1) is 5.57 Å². The van der Waals surface area contributed by atoms with Crippen molar-refractivity contribution in [1.29, 1.82) is 0 Å². The van der Waals surface area contributed by atoms with Gasteiger partial charge in [-0.05, 0) is 6.07 Å². The van der Waals surface area contributed by atoms with Crippen molar-refractivity contribution in [2.45, 2.75) is 39.3 Å². The van der Waals surface area contributed by atoms with Gasteiger partial charge in [0.25, 0.3) is 0 Å². The van der Waals surface area contributed by atoms with Crippen LogP contribution in [0.15, 0.2) is 24.3 Å². The summed E-state index contributed by atoms with van der Waals surface area (Å²) >= 11 is 0. The van der Waals surface area contributed by atoms with Gasteiger partial charge in [-0.3, -0.25) is 0 Å². The molecule has 0 fully saturated rings. The lowest BCUT2D eigenvalue weighted by molar-refractivity contribution is -0.133. The quantitative estimate of drug-likeness (QED) is 0.392. The number of ether oxygens (including phenoxy) is 2. The van der Waals surface area contributed by atoms with Gasteiger partial charge >= 0.3 is 11.9 Å². The molecule has 0 saturated heterocycles. The summed E-state index contributed by atoms with van der Waals surface area (Å²) in [6, 6.07) is 4.17. The first-order valence-corrected chi connectivity index (χ1v) is 7.30. The number of rotatable bonds is 9. The number of hydrogen-bond donors (Lipinski definition) is 4. The molecule has 0 saturated carbocycles. The largest absolute Gasteiger partial charge is 0.478 e. The number of benzene rings is 1. The van der Waals surface area contributed by atoms with Crippen molar-refractivity contribution in [3.8, 4) is 11.5 Å². The first-order valence-electron chi connectivity index (χ1n) is 7.30. The molecule has 0 aliphatic rings. The van der Waals surface area contributed by atoms with Gasteiger partial charge in [0.15, 0.2) is 24.1 Å². The fraction of sp³-hybridized carbons (Fsp3) is 0.375. The Hall–Kier alpha value is -2.58. The van der Waals surface area contributed by atoms with E-state index in [1.54, 1.807) is 13.8 Å². The lowest BCUT2D eigenvalue weighted by atomic mass is 10.0. The van der Waals surface area contributed by atoms with Crippen molar-refractivity contribution >= 4 is 17.5 Å². The zero-order chi connectivity index (χ0) is 18.3. The van der Waals surface area contributed by atoms with Crippen LogP contribution in [0.1, 0.15) is 32.3 Å². The van der Waals surface area contributed by atoms with Crippen LogP contribution < -0.4 is 9.47 Å². The van der Waals surface area contributed by atoms with Crippen molar-refractivity contribution in [1.82, 2.24) is 0 Å². The summed E-state index contributed by atoms with van der Waals surface area (Å²) in [5.41, 5.74) is -0.629. The highest BCUT2D eigenvalue weighted by Crippen LogP contribution is 2.37. The molecule has 4 N–H and O–H groups in total. The fourth-order valence-electron chi connectivity index (χ4n) is 1.77. The zero-order valence-electron chi connectivity index (χ0n) is 13.3. The van der Waals surface area contributed by atoms with Crippen LogP contribution in [0.5, 0.6) is 11.5 Å². The molecular formula is C16H20O8. The molecule has 1 rings (SSSR count). The molecule has 2 atom stereocenters. The van der Waals surface area contributed by atoms with Crippen LogP contribution in [0.3, 0.4) is 0 Å². The molecule has 0 aliphatic carbocycles. The highest BCUT2D eigenvalue weighted by molar-refractivity contribution is 6.20. The molecule has 0 aromatic heterocycles. The van der Waals surface area contributed by atoms with E-state index in [0.29, 0.717) is 6.08 Å². The Morgan fingerprint density at radius 2 is 1.67 bits per heavy atom. The summed E-state index contributed by atoms with van der Waals surface area (Å²) in [6.07, 6.45) is -1.44. The number of aliphatic carboxylic acids is 2. The van der Waals surface area contributed by atoms with Gasteiger partial charge in [0.2, 0.25) is 0 Å². The van der Waals surface area contributed by atoms with E-state index in [4.69, 9.17) is 14.6 Å². The van der Waals surface area contributed by atoms with Crippen LogP contribution >= 0.6 is 0 Å². The molecule has 24 heavy (non-hydrogen) atoms.